The van der Waals surface area contributed by atoms with Crippen molar-refractivity contribution in [2.45, 2.75) is 63.9 Å². The molecule has 20 heavy (non-hydrogen) atoms. The van der Waals surface area contributed by atoms with Gasteiger partial charge in [0.2, 0.25) is 0 Å². The normalized spacial score (nSPS) is 31.1. The molecule has 0 saturated carbocycles. The molecule has 1 aromatic rings. The molecule has 4 unspecified atom stereocenters. The van der Waals surface area contributed by atoms with Gasteiger partial charge in [-0.3, -0.25) is 4.57 Å². The molecular formula is C12H20ClN3O3S. The second kappa shape index (κ2) is 5.27. The summed E-state index contributed by atoms with van der Waals surface area (Å²) in [6.07, 6.45) is 0.0657. The van der Waals surface area contributed by atoms with E-state index in [4.69, 9.17) is 15.4 Å². The molecule has 1 saturated heterocycles. The molecule has 1 fully saturated rings. The van der Waals surface area contributed by atoms with Gasteiger partial charge in [-0.2, -0.15) is 0 Å². The summed E-state index contributed by atoms with van der Waals surface area (Å²) < 4.78 is 30.7. The third-order valence-corrected chi connectivity index (χ3v) is 5.09. The summed E-state index contributed by atoms with van der Waals surface area (Å²) in [5, 5.41) is 7.68. The van der Waals surface area contributed by atoms with E-state index in [0.29, 0.717) is 5.82 Å². The molecule has 0 aromatic carbocycles. The van der Waals surface area contributed by atoms with Gasteiger partial charge in [0.05, 0.1) is 18.1 Å². The summed E-state index contributed by atoms with van der Waals surface area (Å²) in [6.45, 7) is 9.82. The first-order chi connectivity index (χ1) is 9.14. The third-order valence-electron chi connectivity index (χ3n) is 3.97. The van der Waals surface area contributed by atoms with Gasteiger partial charge in [-0.1, -0.05) is 6.92 Å². The van der Waals surface area contributed by atoms with Crippen LogP contribution in [0.5, 0.6) is 0 Å². The first kappa shape index (κ1) is 15.7. The molecule has 0 amide bonds. The Kier molecular flexibility index (Phi) is 4.15. The molecule has 0 aliphatic carbocycles. The van der Waals surface area contributed by atoms with E-state index in [2.05, 4.69) is 17.1 Å². The summed E-state index contributed by atoms with van der Waals surface area (Å²) in [5.74, 6) is 0.869. The number of nitrogens with zero attached hydrogens (tertiary/aromatic N) is 3. The second-order valence-electron chi connectivity index (χ2n) is 5.67. The van der Waals surface area contributed by atoms with E-state index < -0.39 is 9.05 Å². The zero-order chi connectivity index (χ0) is 15.2. The van der Waals surface area contributed by atoms with Gasteiger partial charge in [-0.05, 0) is 33.6 Å². The van der Waals surface area contributed by atoms with Crippen molar-refractivity contribution in [2.75, 3.05) is 0 Å². The van der Waals surface area contributed by atoms with Gasteiger partial charge < -0.3 is 4.74 Å². The van der Waals surface area contributed by atoms with Crippen LogP contribution < -0.4 is 0 Å². The summed E-state index contributed by atoms with van der Waals surface area (Å²) >= 11 is 0. The molecule has 1 aliphatic heterocycles. The predicted octanol–water partition coefficient (Wildman–Crippen LogP) is 2.31. The highest BCUT2D eigenvalue weighted by Crippen LogP contribution is 2.40. The molecule has 4 atom stereocenters. The highest BCUT2D eigenvalue weighted by Gasteiger charge is 2.42. The monoisotopic (exact) mass is 321 g/mol. The van der Waals surface area contributed by atoms with Crippen molar-refractivity contribution in [1.82, 2.24) is 14.8 Å². The van der Waals surface area contributed by atoms with Crippen LogP contribution in [0.4, 0.5) is 0 Å². The third kappa shape index (κ3) is 2.58. The Morgan fingerprint density at radius 2 is 1.80 bits per heavy atom. The topological polar surface area (TPSA) is 74.1 Å². The standard InChI is InChI=1S/C12H20ClN3O3S/c1-6(2)16-11(14-15-12(16)20(13,17)18)10-7(3)8(4)19-9(10)5/h6-10H,1-5H3. The molecule has 2 heterocycles. The lowest BCUT2D eigenvalue weighted by Gasteiger charge is -2.21. The average Bonchev–Trinajstić information content (AvgIpc) is 2.81. The summed E-state index contributed by atoms with van der Waals surface area (Å²) in [5.41, 5.74) is 0. The minimum Gasteiger partial charge on any atom is -0.374 e. The number of halogens is 1. The van der Waals surface area contributed by atoms with Crippen LogP contribution in [0, 0.1) is 5.92 Å². The van der Waals surface area contributed by atoms with Crippen molar-refractivity contribution in [1.29, 1.82) is 0 Å². The molecule has 6 nitrogen and oxygen atoms in total. The lowest BCUT2D eigenvalue weighted by Crippen LogP contribution is -2.22. The van der Waals surface area contributed by atoms with E-state index >= 15 is 0 Å². The Bertz CT molecular complexity index is 599. The van der Waals surface area contributed by atoms with Crippen molar-refractivity contribution in [3.8, 4) is 0 Å². The second-order valence-corrected chi connectivity index (χ2v) is 8.13. The first-order valence-corrected chi connectivity index (χ1v) is 9.00. The number of aromatic nitrogens is 3. The molecular weight excluding hydrogens is 302 g/mol. The first-order valence-electron chi connectivity index (χ1n) is 6.69. The van der Waals surface area contributed by atoms with Crippen molar-refractivity contribution in [3.63, 3.8) is 0 Å². The fourth-order valence-electron chi connectivity index (χ4n) is 2.88. The van der Waals surface area contributed by atoms with Gasteiger partial charge in [0.1, 0.15) is 5.82 Å². The van der Waals surface area contributed by atoms with Crippen LogP contribution in [-0.4, -0.2) is 35.4 Å². The Labute approximate surface area is 123 Å². The van der Waals surface area contributed by atoms with Gasteiger partial charge in [0.25, 0.3) is 14.2 Å². The number of hydrogen-bond acceptors (Lipinski definition) is 5. The number of rotatable bonds is 3. The zero-order valence-corrected chi connectivity index (χ0v) is 13.8. The molecule has 1 aromatic heterocycles. The van der Waals surface area contributed by atoms with Gasteiger partial charge in [-0.25, -0.2) is 8.42 Å². The van der Waals surface area contributed by atoms with Crippen LogP contribution >= 0.6 is 10.7 Å². The van der Waals surface area contributed by atoms with E-state index in [0.717, 1.165) is 0 Å². The van der Waals surface area contributed by atoms with Crippen molar-refractivity contribution < 1.29 is 13.2 Å². The fraction of sp³-hybridized carbons (Fsp3) is 0.833. The fourth-order valence-corrected chi connectivity index (χ4v) is 3.87. The Morgan fingerprint density at radius 3 is 2.20 bits per heavy atom. The van der Waals surface area contributed by atoms with Crippen LogP contribution in [0.1, 0.15) is 52.4 Å². The van der Waals surface area contributed by atoms with E-state index in [1.165, 1.54) is 0 Å². The number of ether oxygens (including phenoxy) is 1. The highest BCUT2D eigenvalue weighted by molar-refractivity contribution is 8.13. The average molecular weight is 322 g/mol. The van der Waals surface area contributed by atoms with Crippen molar-refractivity contribution >= 4 is 19.7 Å². The maximum absolute atomic E-state index is 11.6. The van der Waals surface area contributed by atoms with Gasteiger partial charge in [0.15, 0.2) is 0 Å². The van der Waals surface area contributed by atoms with Crippen molar-refractivity contribution in [3.05, 3.63) is 5.82 Å². The van der Waals surface area contributed by atoms with E-state index in [1.54, 1.807) is 4.57 Å². The van der Waals surface area contributed by atoms with E-state index in [1.807, 2.05) is 27.7 Å². The molecule has 0 radical (unpaired) electrons. The molecule has 8 heteroatoms. The van der Waals surface area contributed by atoms with Crippen LogP contribution in [0.25, 0.3) is 0 Å². The molecule has 0 spiro atoms. The molecule has 2 rings (SSSR count). The van der Waals surface area contributed by atoms with Crippen LogP contribution in [0.2, 0.25) is 0 Å². The minimum atomic E-state index is -3.91. The van der Waals surface area contributed by atoms with Crippen LogP contribution in [0.15, 0.2) is 5.16 Å². The largest absolute Gasteiger partial charge is 0.374 e. The molecule has 1 aliphatic rings. The van der Waals surface area contributed by atoms with Gasteiger partial charge >= 0.3 is 0 Å². The Hall–Kier alpha value is -0.660. The number of hydrogen-bond donors (Lipinski definition) is 0. The zero-order valence-electron chi connectivity index (χ0n) is 12.2. The molecule has 0 N–H and O–H groups in total. The van der Waals surface area contributed by atoms with Crippen LogP contribution in [-0.2, 0) is 13.8 Å². The molecule has 114 valence electrons. The van der Waals surface area contributed by atoms with Crippen molar-refractivity contribution in [2.24, 2.45) is 5.92 Å². The predicted molar refractivity (Wildman–Crippen MR) is 75.4 cm³/mol. The SMILES string of the molecule is CC1OC(C)C(c2nnc(S(=O)(=O)Cl)n2C(C)C)C1C. The summed E-state index contributed by atoms with van der Waals surface area (Å²) in [6, 6.07) is -0.0983. The minimum absolute atomic E-state index is 0.00654. The van der Waals surface area contributed by atoms with Gasteiger partial charge in [0, 0.05) is 16.7 Å². The smallest absolute Gasteiger partial charge is 0.296 e. The summed E-state index contributed by atoms with van der Waals surface area (Å²) in [4.78, 5) is 0. The van der Waals surface area contributed by atoms with Crippen LogP contribution in [0.3, 0.4) is 0 Å². The quantitative estimate of drug-likeness (QED) is 0.799. The molecule has 0 bridgehead atoms. The maximum atomic E-state index is 11.6. The maximum Gasteiger partial charge on any atom is 0.296 e. The highest BCUT2D eigenvalue weighted by atomic mass is 35.7. The van der Waals surface area contributed by atoms with E-state index in [9.17, 15) is 8.42 Å². The summed E-state index contributed by atoms with van der Waals surface area (Å²) in [7, 11) is 1.53. The Balaban J connectivity index is 2.56. The lowest BCUT2D eigenvalue weighted by atomic mass is 9.88. The lowest BCUT2D eigenvalue weighted by molar-refractivity contribution is 0.0551. The van der Waals surface area contributed by atoms with E-state index in [-0.39, 0.29) is 35.2 Å². The van der Waals surface area contributed by atoms with Gasteiger partial charge in [-0.15, -0.1) is 10.2 Å². The Morgan fingerprint density at radius 1 is 1.20 bits per heavy atom.